The highest BCUT2D eigenvalue weighted by Crippen LogP contribution is 2.31. The van der Waals surface area contributed by atoms with E-state index in [9.17, 15) is 14.4 Å². The number of cyclic esters (lactones) is 2. The number of benzene rings is 1. The van der Waals surface area contributed by atoms with Crippen LogP contribution >= 0.6 is 0 Å². The lowest BCUT2D eigenvalue weighted by molar-refractivity contribution is -0.157. The molecule has 1 heterocycles. The van der Waals surface area contributed by atoms with Crippen molar-refractivity contribution in [2.75, 3.05) is 14.2 Å². The number of esters is 2. The van der Waals surface area contributed by atoms with Gasteiger partial charge in [-0.3, -0.25) is 4.79 Å². The lowest BCUT2D eigenvalue weighted by atomic mass is 9.89. The molecule has 0 bridgehead atoms. The summed E-state index contributed by atoms with van der Waals surface area (Å²) < 4.78 is 14.4. The van der Waals surface area contributed by atoms with Crippen molar-refractivity contribution in [3.63, 3.8) is 0 Å². The summed E-state index contributed by atoms with van der Waals surface area (Å²) in [7, 11) is 2.36. The summed E-state index contributed by atoms with van der Waals surface area (Å²) in [6.45, 7) is 0. The van der Waals surface area contributed by atoms with Gasteiger partial charge in [0.1, 0.15) is 0 Å². The molecule has 1 aliphatic heterocycles. The quantitative estimate of drug-likeness (QED) is 0.443. The Hall–Kier alpha value is -2.05. The first-order valence-electron chi connectivity index (χ1n) is 5.51. The third-order valence-corrected chi connectivity index (χ3v) is 3.01. The summed E-state index contributed by atoms with van der Waals surface area (Å²) in [5.41, 5.74) is -1.84. The molecule has 19 heavy (non-hydrogen) atoms. The molecular formula is C13H12O6. The molecule has 2 rings (SSSR count). The van der Waals surface area contributed by atoms with Gasteiger partial charge in [0, 0.05) is 19.8 Å². The monoisotopic (exact) mass is 264 g/mol. The molecule has 1 saturated heterocycles. The number of hydrogen-bond donors (Lipinski definition) is 0. The highest BCUT2D eigenvalue weighted by molar-refractivity contribution is 6.23. The number of carbonyl (C=O) groups excluding carboxylic acids is 3. The maximum absolute atomic E-state index is 12.5. The fourth-order valence-electron chi connectivity index (χ4n) is 2.05. The molecule has 0 aromatic heterocycles. The van der Waals surface area contributed by atoms with Crippen LogP contribution < -0.4 is 0 Å². The smallest absolute Gasteiger partial charge is 0.357 e. The Balaban J connectivity index is 2.51. The maximum Gasteiger partial charge on any atom is 0.357 e. The number of carbonyl (C=O) groups is 3. The van der Waals surface area contributed by atoms with Crippen molar-refractivity contribution >= 4 is 17.7 Å². The molecule has 0 aliphatic carbocycles. The van der Waals surface area contributed by atoms with Crippen molar-refractivity contribution in [3.05, 3.63) is 35.9 Å². The normalized spacial score (nSPS) is 26.3. The second-order valence-corrected chi connectivity index (χ2v) is 3.96. The zero-order valence-corrected chi connectivity index (χ0v) is 10.4. The molecule has 0 amide bonds. The molecule has 1 aliphatic rings. The van der Waals surface area contributed by atoms with Crippen LogP contribution in [0.15, 0.2) is 30.3 Å². The number of ketones is 1. The van der Waals surface area contributed by atoms with Crippen LogP contribution in [0.3, 0.4) is 0 Å². The largest absolute Gasteiger partial charge is 0.388 e. The zero-order chi connectivity index (χ0) is 14.0. The number of ether oxygens (including phenoxy) is 3. The molecule has 1 aromatic rings. The van der Waals surface area contributed by atoms with Gasteiger partial charge in [-0.1, -0.05) is 30.3 Å². The SMILES string of the molecule is COC1C(=O)OC(=O)C1(OC)C(=O)c1ccccc1. The number of Topliss-reactive ketones (excluding diaryl/α,β-unsaturated/α-hetero) is 1. The number of methoxy groups -OCH3 is 2. The first kappa shape index (κ1) is 13.4. The van der Waals surface area contributed by atoms with E-state index in [2.05, 4.69) is 4.74 Å². The first-order valence-corrected chi connectivity index (χ1v) is 5.51. The lowest BCUT2D eigenvalue weighted by Gasteiger charge is -2.25. The van der Waals surface area contributed by atoms with Gasteiger partial charge in [0.15, 0.2) is 0 Å². The van der Waals surface area contributed by atoms with Gasteiger partial charge >= 0.3 is 11.9 Å². The van der Waals surface area contributed by atoms with Crippen LogP contribution in [0.1, 0.15) is 10.4 Å². The molecule has 6 nitrogen and oxygen atoms in total. The van der Waals surface area contributed by atoms with E-state index in [-0.39, 0.29) is 5.56 Å². The summed E-state index contributed by atoms with van der Waals surface area (Å²) in [6, 6.07) is 8.04. The molecule has 6 heteroatoms. The summed E-state index contributed by atoms with van der Waals surface area (Å²) >= 11 is 0. The van der Waals surface area contributed by atoms with Crippen LogP contribution in [0, 0.1) is 0 Å². The standard InChI is InChI=1S/C13H12O6/c1-17-10-11(15)19-12(16)13(10,18-2)9(14)8-6-4-3-5-7-8/h3-7,10H,1-2H3. The molecular weight excluding hydrogens is 252 g/mol. The first-order chi connectivity index (χ1) is 9.07. The second kappa shape index (κ2) is 4.91. The van der Waals surface area contributed by atoms with Crippen molar-refractivity contribution in [1.29, 1.82) is 0 Å². The van der Waals surface area contributed by atoms with Gasteiger partial charge in [-0.25, -0.2) is 9.59 Å². The molecule has 1 aromatic carbocycles. The molecule has 0 N–H and O–H groups in total. The van der Waals surface area contributed by atoms with Crippen LogP contribution in [-0.2, 0) is 23.8 Å². The van der Waals surface area contributed by atoms with Crippen LogP contribution in [0.4, 0.5) is 0 Å². The fraction of sp³-hybridized carbons (Fsp3) is 0.308. The van der Waals surface area contributed by atoms with Crippen molar-refractivity contribution in [2.24, 2.45) is 0 Å². The van der Waals surface area contributed by atoms with Gasteiger partial charge in [0.2, 0.25) is 11.9 Å². The molecule has 0 saturated carbocycles. The predicted molar refractivity (Wildman–Crippen MR) is 62.4 cm³/mol. The van der Waals surface area contributed by atoms with E-state index in [0.717, 1.165) is 7.11 Å². The zero-order valence-electron chi connectivity index (χ0n) is 10.4. The van der Waals surface area contributed by atoms with Gasteiger partial charge < -0.3 is 14.2 Å². The van der Waals surface area contributed by atoms with Crippen LogP contribution in [0.25, 0.3) is 0 Å². The topological polar surface area (TPSA) is 78.9 Å². The molecule has 2 unspecified atom stereocenters. The summed E-state index contributed by atoms with van der Waals surface area (Å²) in [4.78, 5) is 35.8. The Morgan fingerprint density at radius 2 is 1.84 bits per heavy atom. The summed E-state index contributed by atoms with van der Waals surface area (Å²) in [5.74, 6) is -2.65. The maximum atomic E-state index is 12.5. The molecule has 0 radical (unpaired) electrons. The van der Waals surface area contributed by atoms with Crippen LogP contribution in [0.2, 0.25) is 0 Å². The van der Waals surface area contributed by atoms with E-state index in [1.165, 1.54) is 19.2 Å². The molecule has 2 atom stereocenters. The van der Waals surface area contributed by atoms with Crippen molar-refractivity contribution < 1.29 is 28.6 Å². The van der Waals surface area contributed by atoms with E-state index in [0.29, 0.717) is 0 Å². The third kappa shape index (κ3) is 1.85. The van der Waals surface area contributed by atoms with Gasteiger partial charge in [-0.15, -0.1) is 0 Å². The lowest BCUT2D eigenvalue weighted by Crippen LogP contribution is -2.54. The Bertz CT molecular complexity index is 523. The van der Waals surface area contributed by atoms with Gasteiger partial charge in [-0.05, 0) is 0 Å². The van der Waals surface area contributed by atoms with Crippen LogP contribution in [-0.4, -0.2) is 43.6 Å². The second-order valence-electron chi connectivity index (χ2n) is 3.96. The van der Waals surface area contributed by atoms with Crippen molar-refractivity contribution in [1.82, 2.24) is 0 Å². The molecule has 0 spiro atoms. The molecule has 100 valence electrons. The Morgan fingerprint density at radius 1 is 1.21 bits per heavy atom. The minimum atomic E-state index is -2.08. The average Bonchev–Trinajstić information content (AvgIpc) is 2.69. The van der Waals surface area contributed by atoms with Gasteiger partial charge in [-0.2, -0.15) is 0 Å². The Morgan fingerprint density at radius 3 is 2.37 bits per heavy atom. The van der Waals surface area contributed by atoms with E-state index < -0.39 is 29.4 Å². The van der Waals surface area contributed by atoms with E-state index in [1.54, 1.807) is 18.2 Å². The van der Waals surface area contributed by atoms with Gasteiger partial charge in [0.25, 0.3) is 5.60 Å². The third-order valence-electron chi connectivity index (χ3n) is 3.01. The highest BCUT2D eigenvalue weighted by atomic mass is 16.7. The minimum absolute atomic E-state index is 0.234. The highest BCUT2D eigenvalue weighted by Gasteiger charge is 2.64. The van der Waals surface area contributed by atoms with Gasteiger partial charge in [0.05, 0.1) is 0 Å². The predicted octanol–water partition coefficient (Wildman–Crippen LogP) is 0.353. The van der Waals surface area contributed by atoms with Crippen molar-refractivity contribution in [2.45, 2.75) is 11.7 Å². The van der Waals surface area contributed by atoms with Crippen molar-refractivity contribution in [3.8, 4) is 0 Å². The van der Waals surface area contributed by atoms with E-state index in [4.69, 9.17) is 9.47 Å². The Labute approximate surface area is 109 Å². The molecule has 1 fully saturated rings. The van der Waals surface area contributed by atoms with E-state index in [1.807, 2.05) is 0 Å². The fourth-order valence-corrected chi connectivity index (χ4v) is 2.05. The Kier molecular flexibility index (Phi) is 3.46. The summed E-state index contributed by atoms with van der Waals surface area (Å²) in [5, 5.41) is 0. The van der Waals surface area contributed by atoms with Crippen LogP contribution in [0.5, 0.6) is 0 Å². The minimum Gasteiger partial charge on any atom is -0.388 e. The number of hydrogen-bond acceptors (Lipinski definition) is 6. The average molecular weight is 264 g/mol. The summed E-state index contributed by atoms with van der Waals surface area (Å²) in [6.07, 6.45) is -1.40. The van der Waals surface area contributed by atoms with E-state index >= 15 is 0 Å². The number of rotatable bonds is 4.